The first-order valence-electron chi connectivity index (χ1n) is 9.45. The van der Waals surface area contributed by atoms with E-state index in [2.05, 4.69) is 19.9 Å². The Morgan fingerprint density at radius 1 is 1.18 bits per heavy atom. The standard InChI is InChI=1S/C20H26N4O3S/c1-15(2)23-28(26,27)18-7-5-6-17(13-18)20(25)22-14-16-8-9-21-19(12-16)24-10-3-4-11-24/h5-9,12-13,15,23H,3-4,10-11,14H2,1-2H3,(H,22,25). The van der Waals surface area contributed by atoms with Crippen molar-refractivity contribution in [2.24, 2.45) is 0 Å². The van der Waals surface area contributed by atoms with E-state index in [1.807, 2.05) is 12.1 Å². The average Bonchev–Trinajstić information content (AvgIpc) is 3.20. The van der Waals surface area contributed by atoms with Crippen LogP contribution in [0.3, 0.4) is 0 Å². The van der Waals surface area contributed by atoms with Crippen LogP contribution >= 0.6 is 0 Å². The van der Waals surface area contributed by atoms with E-state index in [0.29, 0.717) is 12.1 Å². The highest BCUT2D eigenvalue weighted by atomic mass is 32.2. The van der Waals surface area contributed by atoms with Gasteiger partial charge in [-0.1, -0.05) is 6.07 Å². The number of hydrogen-bond donors (Lipinski definition) is 2. The highest BCUT2D eigenvalue weighted by Crippen LogP contribution is 2.18. The molecule has 0 spiro atoms. The predicted molar refractivity (Wildman–Crippen MR) is 109 cm³/mol. The summed E-state index contributed by atoms with van der Waals surface area (Å²) in [6.07, 6.45) is 4.10. The van der Waals surface area contributed by atoms with Gasteiger partial charge in [0.1, 0.15) is 5.82 Å². The number of benzene rings is 1. The Hall–Kier alpha value is -2.45. The lowest BCUT2D eigenvalue weighted by atomic mass is 10.2. The molecule has 0 unspecified atom stereocenters. The maximum Gasteiger partial charge on any atom is 0.251 e. The fraction of sp³-hybridized carbons (Fsp3) is 0.400. The molecule has 1 saturated heterocycles. The normalized spacial score (nSPS) is 14.5. The van der Waals surface area contributed by atoms with Crippen molar-refractivity contribution in [1.82, 2.24) is 15.0 Å². The first-order valence-corrected chi connectivity index (χ1v) is 10.9. The van der Waals surface area contributed by atoms with Gasteiger partial charge in [0.05, 0.1) is 4.90 Å². The number of rotatable bonds is 7. The molecule has 150 valence electrons. The molecule has 7 nitrogen and oxygen atoms in total. The number of nitrogens with zero attached hydrogens (tertiary/aromatic N) is 2. The molecular formula is C20H26N4O3S. The number of hydrogen-bond acceptors (Lipinski definition) is 5. The summed E-state index contributed by atoms with van der Waals surface area (Å²) in [6, 6.07) is 9.67. The zero-order valence-corrected chi connectivity index (χ0v) is 17.0. The summed E-state index contributed by atoms with van der Waals surface area (Å²) in [7, 11) is -3.64. The van der Waals surface area contributed by atoms with Gasteiger partial charge in [0.2, 0.25) is 10.0 Å². The fourth-order valence-electron chi connectivity index (χ4n) is 3.16. The van der Waals surface area contributed by atoms with E-state index in [-0.39, 0.29) is 16.8 Å². The smallest absolute Gasteiger partial charge is 0.251 e. The van der Waals surface area contributed by atoms with E-state index in [9.17, 15) is 13.2 Å². The Labute approximate surface area is 166 Å². The third-order valence-electron chi connectivity index (χ3n) is 4.49. The molecule has 0 saturated carbocycles. The lowest BCUT2D eigenvalue weighted by Crippen LogP contribution is -2.30. The number of nitrogens with one attached hydrogen (secondary N) is 2. The molecule has 1 aliphatic heterocycles. The summed E-state index contributed by atoms with van der Waals surface area (Å²) in [5.41, 5.74) is 1.26. The lowest BCUT2D eigenvalue weighted by Gasteiger charge is -2.17. The van der Waals surface area contributed by atoms with Gasteiger partial charge in [-0.3, -0.25) is 4.79 Å². The molecule has 8 heteroatoms. The first kappa shape index (κ1) is 20.3. The number of pyridine rings is 1. The number of aromatic nitrogens is 1. The van der Waals surface area contributed by atoms with Gasteiger partial charge in [-0.15, -0.1) is 0 Å². The van der Waals surface area contributed by atoms with Gasteiger partial charge in [0, 0.05) is 37.4 Å². The van der Waals surface area contributed by atoms with Crippen molar-refractivity contribution in [3.8, 4) is 0 Å². The number of sulfonamides is 1. The highest BCUT2D eigenvalue weighted by Gasteiger charge is 2.17. The van der Waals surface area contributed by atoms with Crippen LogP contribution in [0.2, 0.25) is 0 Å². The van der Waals surface area contributed by atoms with Crippen molar-refractivity contribution in [3.63, 3.8) is 0 Å². The van der Waals surface area contributed by atoms with E-state index in [0.717, 1.165) is 24.5 Å². The Bertz CT molecular complexity index is 938. The van der Waals surface area contributed by atoms with Crippen LogP contribution in [-0.2, 0) is 16.6 Å². The quantitative estimate of drug-likeness (QED) is 0.742. The third kappa shape index (κ3) is 5.08. The van der Waals surface area contributed by atoms with Crippen LogP contribution < -0.4 is 14.9 Å². The molecular weight excluding hydrogens is 376 g/mol. The largest absolute Gasteiger partial charge is 0.357 e. The maximum absolute atomic E-state index is 12.5. The van der Waals surface area contributed by atoms with Gasteiger partial charge in [-0.05, 0) is 62.6 Å². The van der Waals surface area contributed by atoms with Crippen molar-refractivity contribution >= 4 is 21.7 Å². The van der Waals surface area contributed by atoms with Crippen molar-refractivity contribution in [2.75, 3.05) is 18.0 Å². The molecule has 2 heterocycles. The average molecular weight is 403 g/mol. The molecule has 3 rings (SSSR count). The second-order valence-corrected chi connectivity index (χ2v) is 8.92. The van der Waals surface area contributed by atoms with Crippen LogP contribution in [0.5, 0.6) is 0 Å². The maximum atomic E-state index is 12.5. The summed E-state index contributed by atoms with van der Waals surface area (Å²) in [5, 5.41) is 2.85. The van der Waals surface area contributed by atoms with E-state index >= 15 is 0 Å². The van der Waals surface area contributed by atoms with E-state index in [4.69, 9.17) is 0 Å². The molecule has 2 N–H and O–H groups in total. The van der Waals surface area contributed by atoms with Gasteiger partial charge in [-0.2, -0.15) is 0 Å². The summed E-state index contributed by atoms with van der Waals surface area (Å²) < 4.78 is 27.1. The fourth-order valence-corrected chi connectivity index (χ4v) is 4.45. The Morgan fingerprint density at radius 2 is 1.93 bits per heavy atom. The van der Waals surface area contributed by atoms with Crippen LogP contribution in [0.15, 0.2) is 47.5 Å². The zero-order valence-electron chi connectivity index (χ0n) is 16.2. The van der Waals surface area contributed by atoms with Gasteiger partial charge in [-0.25, -0.2) is 18.1 Å². The van der Waals surface area contributed by atoms with E-state index in [1.165, 1.54) is 25.0 Å². The molecule has 2 aromatic rings. The molecule has 0 bridgehead atoms. The topological polar surface area (TPSA) is 91.4 Å². The molecule has 1 fully saturated rings. The van der Waals surface area contributed by atoms with Crippen LogP contribution in [0.4, 0.5) is 5.82 Å². The second kappa shape index (κ2) is 8.70. The van der Waals surface area contributed by atoms with Gasteiger partial charge < -0.3 is 10.2 Å². The summed E-state index contributed by atoms with van der Waals surface area (Å²) >= 11 is 0. The van der Waals surface area contributed by atoms with Crippen molar-refractivity contribution in [1.29, 1.82) is 0 Å². The zero-order chi connectivity index (χ0) is 20.1. The number of carbonyl (C=O) groups is 1. The van der Waals surface area contributed by atoms with E-state index < -0.39 is 10.0 Å². The van der Waals surface area contributed by atoms with E-state index in [1.54, 1.807) is 32.2 Å². The minimum atomic E-state index is -3.64. The molecule has 0 radical (unpaired) electrons. The van der Waals surface area contributed by atoms with Crippen LogP contribution in [0.25, 0.3) is 0 Å². The van der Waals surface area contributed by atoms with Crippen LogP contribution in [0, 0.1) is 0 Å². The molecule has 0 aliphatic carbocycles. The van der Waals surface area contributed by atoms with Crippen molar-refractivity contribution in [3.05, 3.63) is 53.7 Å². The summed E-state index contributed by atoms with van der Waals surface area (Å²) in [4.78, 5) is 19.2. The SMILES string of the molecule is CC(C)NS(=O)(=O)c1cccc(C(=O)NCc2ccnc(N3CCCC3)c2)c1. The minimum Gasteiger partial charge on any atom is -0.357 e. The van der Waals surface area contributed by atoms with Crippen LogP contribution in [-0.4, -0.2) is 38.4 Å². The van der Waals surface area contributed by atoms with Crippen molar-refractivity contribution < 1.29 is 13.2 Å². The van der Waals surface area contributed by atoms with Gasteiger partial charge in [0.15, 0.2) is 0 Å². The molecule has 1 aromatic carbocycles. The third-order valence-corrected chi connectivity index (χ3v) is 6.15. The molecule has 1 amide bonds. The minimum absolute atomic E-state index is 0.0779. The first-order chi connectivity index (χ1) is 13.3. The summed E-state index contributed by atoms with van der Waals surface area (Å²) in [5.74, 6) is 0.609. The van der Waals surface area contributed by atoms with Gasteiger partial charge >= 0.3 is 0 Å². The summed E-state index contributed by atoms with van der Waals surface area (Å²) in [6.45, 7) is 5.87. The highest BCUT2D eigenvalue weighted by molar-refractivity contribution is 7.89. The number of carbonyl (C=O) groups excluding carboxylic acids is 1. The van der Waals surface area contributed by atoms with Crippen LogP contribution in [0.1, 0.15) is 42.6 Å². The second-order valence-electron chi connectivity index (χ2n) is 7.20. The monoisotopic (exact) mass is 402 g/mol. The Morgan fingerprint density at radius 3 is 2.64 bits per heavy atom. The molecule has 1 aromatic heterocycles. The Balaban J connectivity index is 1.67. The number of amides is 1. The Kier molecular flexibility index (Phi) is 6.31. The molecule has 28 heavy (non-hydrogen) atoms. The molecule has 0 atom stereocenters. The van der Waals surface area contributed by atoms with Gasteiger partial charge in [0.25, 0.3) is 5.91 Å². The predicted octanol–water partition coefficient (Wildman–Crippen LogP) is 2.30. The molecule has 1 aliphatic rings. The van der Waals surface area contributed by atoms with Crippen molar-refractivity contribution in [2.45, 2.75) is 44.2 Å². The lowest BCUT2D eigenvalue weighted by molar-refractivity contribution is 0.0950. The number of anilines is 1.